The van der Waals surface area contributed by atoms with Crippen LogP contribution in [-0.4, -0.2) is 34.2 Å². The molecule has 5 nitrogen and oxygen atoms in total. The quantitative estimate of drug-likeness (QED) is 0.881. The Hall–Kier alpha value is -2.06. The number of likely N-dealkylation sites (tertiary alicyclic amines) is 1. The lowest BCUT2D eigenvalue weighted by molar-refractivity contribution is -0.143. The van der Waals surface area contributed by atoms with Gasteiger partial charge >= 0.3 is 5.97 Å². The van der Waals surface area contributed by atoms with Gasteiger partial charge in [0.05, 0.1) is 12.0 Å². The molecule has 1 aliphatic heterocycles. The molecule has 2 unspecified atom stereocenters. The summed E-state index contributed by atoms with van der Waals surface area (Å²) >= 11 is 0. The Kier molecular flexibility index (Phi) is 4.26. The van der Waals surface area contributed by atoms with E-state index in [1.807, 2.05) is 11.8 Å². The highest BCUT2D eigenvalue weighted by atomic mass is 16.4. The predicted octanol–water partition coefficient (Wildman–Crippen LogP) is 2.06. The average molecular weight is 274 g/mol. The molecule has 2 atom stereocenters. The summed E-state index contributed by atoms with van der Waals surface area (Å²) in [5.41, 5.74) is 1.52. The third-order valence-corrected chi connectivity index (χ3v) is 3.77. The number of phenolic OH excluding ortho intramolecular Hbond substituents is 1. The van der Waals surface area contributed by atoms with Crippen LogP contribution in [-0.2, 0) is 4.79 Å². The van der Waals surface area contributed by atoms with Gasteiger partial charge in [-0.15, -0.1) is 0 Å². The lowest BCUT2D eigenvalue weighted by Gasteiger charge is -2.34. The summed E-state index contributed by atoms with van der Waals surface area (Å²) in [6.45, 7) is 2.92. The minimum Gasteiger partial charge on any atom is -0.508 e. The van der Waals surface area contributed by atoms with Crippen molar-refractivity contribution in [2.45, 2.75) is 25.8 Å². The molecule has 0 saturated carbocycles. The second kappa shape index (κ2) is 5.93. The van der Waals surface area contributed by atoms with Crippen molar-refractivity contribution in [1.82, 2.24) is 4.90 Å². The van der Waals surface area contributed by atoms with E-state index < -0.39 is 17.9 Å². The topological polar surface area (TPSA) is 84.6 Å². The molecule has 20 heavy (non-hydrogen) atoms. The van der Waals surface area contributed by atoms with Gasteiger partial charge in [0.1, 0.15) is 11.8 Å². The van der Waals surface area contributed by atoms with Crippen LogP contribution in [0, 0.1) is 24.2 Å². The summed E-state index contributed by atoms with van der Waals surface area (Å²) in [4.78, 5) is 13.0. The zero-order valence-electron chi connectivity index (χ0n) is 11.4. The van der Waals surface area contributed by atoms with E-state index in [0.29, 0.717) is 25.1 Å². The summed E-state index contributed by atoms with van der Waals surface area (Å²) in [7, 11) is 0. The normalized spacial score (nSPS) is 21.1. The minimum absolute atomic E-state index is 0.0830. The maximum absolute atomic E-state index is 11.1. The molecule has 5 heteroatoms. The van der Waals surface area contributed by atoms with Crippen molar-refractivity contribution in [3.05, 3.63) is 29.3 Å². The molecule has 0 amide bonds. The molecule has 106 valence electrons. The number of hydrogen-bond acceptors (Lipinski definition) is 4. The van der Waals surface area contributed by atoms with E-state index in [-0.39, 0.29) is 5.75 Å². The van der Waals surface area contributed by atoms with Gasteiger partial charge < -0.3 is 10.2 Å². The van der Waals surface area contributed by atoms with Gasteiger partial charge in [-0.2, -0.15) is 5.26 Å². The van der Waals surface area contributed by atoms with Gasteiger partial charge in [-0.3, -0.25) is 9.69 Å². The van der Waals surface area contributed by atoms with E-state index in [1.54, 1.807) is 18.2 Å². The summed E-state index contributed by atoms with van der Waals surface area (Å²) in [5, 5.41) is 28.5. The first kappa shape index (κ1) is 14.4. The fourth-order valence-electron chi connectivity index (χ4n) is 2.68. The molecule has 0 bridgehead atoms. The number of aliphatic carboxylic acids is 1. The van der Waals surface area contributed by atoms with Gasteiger partial charge in [-0.25, -0.2) is 0 Å². The molecule has 1 saturated heterocycles. The van der Waals surface area contributed by atoms with Crippen LogP contribution in [0.2, 0.25) is 0 Å². The zero-order valence-corrected chi connectivity index (χ0v) is 11.4. The minimum atomic E-state index is -0.820. The molecule has 2 N–H and O–H groups in total. The molecule has 1 aromatic carbocycles. The van der Waals surface area contributed by atoms with Gasteiger partial charge in [0.15, 0.2) is 0 Å². The van der Waals surface area contributed by atoms with E-state index in [0.717, 1.165) is 12.0 Å². The monoisotopic (exact) mass is 274 g/mol. The third kappa shape index (κ3) is 2.91. The lowest BCUT2D eigenvalue weighted by Crippen LogP contribution is -2.40. The van der Waals surface area contributed by atoms with Crippen molar-refractivity contribution in [3.8, 4) is 11.8 Å². The van der Waals surface area contributed by atoms with E-state index >= 15 is 0 Å². The molecule has 1 fully saturated rings. The Balaban J connectivity index is 2.26. The number of benzene rings is 1. The van der Waals surface area contributed by atoms with Crippen molar-refractivity contribution < 1.29 is 15.0 Å². The number of hydrogen-bond donors (Lipinski definition) is 2. The maximum Gasteiger partial charge on any atom is 0.307 e. The molecule has 0 aliphatic carbocycles. The Morgan fingerprint density at radius 3 is 2.95 bits per heavy atom. The number of rotatable bonds is 3. The summed E-state index contributed by atoms with van der Waals surface area (Å²) in [5.74, 6) is -1.17. The standard InChI is InChI=1S/C15H18N2O3/c1-10-4-5-14(18)12(7-10)13(8-16)17-6-2-3-11(9-17)15(19)20/h4-5,7,11,13,18H,2-3,6,9H2,1H3,(H,19,20). The van der Waals surface area contributed by atoms with E-state index in [1.165, 1.54) is 0 Å². The highest BCUT2D eigenvalue weighted by Crippen LogP contribution is 2.32. The number of carboxylic acids is 1. The van der Waals surface area contributed by atoms with Gasteiger partial charge in [-0.05, 0) is 38.4 Å². The van der Waals surface area contributed by atoms with Gasteiger partial charge in [0.25, 0.3) is 0 Å². The maximum atomic E-state index is 11.1. The van der Waals surface area contributed by atoms with Crippen molar-refractivity contribution in [3.63, 3.8) is 0 Å². The van der Waals surface area contributed by atoms with Crippen LogP contribution in [0.3, 0.4) is 0 Å². The number of piperidine rings is 1. The Morgan fingerprint density at radius 2 is 2.30 bits per heavy atom. The fourth-order valence-corrected chi connectivity index (χ4v) is 2.68. The second-order valence-electron chi connectivity index (χ2n) is 5.27. The molecule has 0 aromatic heterocycles. The van der Waals surface area contributed by atoms with Crippen LogP contribution in [0.5, 0.6) is 5.75 Å². The van der Waals surface area contributed by atoms with Crippen molar-refractivity contribution in [1.29, 1.82) is 5.26 Å². The average Bonchev–Trinajstić information content (AvgIpc) is 2.44. The van der Waals surface area contributed by atoms with Gasteiger partial charge in [0.2, 0.25) is 0 Å². The molecular weight excluding hydrogens is 256 g/mol. The first-order valence-corrected chi connectivity index (χ1v) is 6.69. The molecule has 2 rings (SSSR count). The van der Waals surface area contributed by atoms with Crippen LogP contribution in [0.15, 0.2) is 18.2 Å². The van der Waals surface area contributed by atoms with Crippen molar-refractivity contribution >= 4 is 5.97 Å². The number of nitrogens with zero attached hydrogens (tertiary/aromatic N) is 2. The number of phenols is 1. The molecule has 1 aliphatic rings. The van der Waals surface area contributed by atoms with Gasteiger partial charge in [0, 0.05) is 12.1 Å². The Morgan fingerprint density at radius 1 is 1.55 bits per heavy atom. The summed E-state index contributed by atoms with van der Waals surface area (Å²) < 4.78 is 0. The highest BCUT2D eigenvalue weighted by molar-refractivity contribution is 5.70. The largest absolute Gasteiger partial charge is 0.508 e. The summed E-state index contributed by atoms with van der Waals surface area (Å²) in [6.07, 6.45) is 1.39. The number of aryl methyl sites for hydroxylation is 1. The van der Waals surface area contributed by atoms with Crippen LogP contribution < -0.4 is 0 Å². The molecule has 0 spiro atoms. The second-order valence-corrected chi connectivity index (χ2v) is 5.27. The van der Waals surface area contributed by atoms with Crippen LogP contribution >= 0.6 is 0 Å². The molecular formula is C15H18N2O3. The zero-order chi connectivity index (χ0) is 14.7. The number of nitriles is 1. The van der Waals surface area contributed by atoms with Crippen LogP contribution in [0.4, 0.5) is 0 Å². The number of carboxylic acid groups (broad SMARTS) is 1. The molecule has 1 aromatic rings. The van der Waals surface area contributed by atoms with E-state index in [4.69, 9.17) is 5.11 Å². The third-order valence-electron chi connectivity index (χ3n) is 3.77. The first-order chi connectivity index (χ1) is 9.52. The number of aromatic hydroxyl groups is 1. The first-order valence-electron chi connectivity index (χ1n) is 6.69. The van der Waals surface area contributed by atoms with Crippen molar-refractivity contribution in [2.75, 3.05) is 13.1 Å². The number of carbonyl (C=O) groups is 1. The fraction of sp³-hybridized carbons (Fsp3) is 0.467. The molecule has 1 heterocycles. The predicted molar refractivity (Wildman–Crippen MR) is 73.1 cm³/mol. The van der Waals surface area contributed by atoms with Crippen LogP contribution in [0.1, 0.15) is 30.0 Å². The Bertz CT molecular complexity index is 551. The van der Waals surface area contributed by atoms with E-state index in [2.05, 4.69) is 6.07 Å². The van der Waals surface area contributed by atoms with Gasteiger partial charge in [-0.1, -0.05) is 11.6 Å². The van der Waals surface area contributed by atoms with Crippen LogP contribution in [0.25, 0.3) is 0 Å². The lowest BCUT2D eigenvalue weighted by atomic mass is 9.94. The highest BCUT2D eigenvalue weighted by Gasteiger charge is 2.31. The SMILES string of the molecule is Cc1ccc(O)c(C(C#N)N2CCCC(C(=O)O)C2)c1. The van der Waals surface area contributed by atoms with Crippen molar-refractivity contribution in [2.24, 2.45) is 5.92 Å². The summed E-state index contributed by atoms with van der Waals surface area (Å²) in [6, 6.07) is 6.73. The van der Waals surface area contributed by atoms with E-state index in [9.17, 15) is 15.2 Å². The smallest absolute Gasteiger partial charge is 0.307 e. The Labute approximate surface area is 118 Å². The molecule has 0 radical (unpaired) electrons.